The topological polar surface area (TPSA) is 52.6 Å². The molecule has 1 amide bonds. The van der Waals surface area contributed by atoms with Crippen LogP contribution in [0.4, 0.5) is 11.6 Å². The van der Waals surface area contributed by atoms with Crippen molar-refractivity contribution in [3.05, 3.63) is 48.3 Å². The molecule has 0 unspecified atom stereocenters. The molecular formula is C19H23N5O. The molecule has 6 nitrogen and oxygen atoms in total. The predicted octanol–water partition coefficient (Wildman–Crippen LogP) is 2.04. The number of carbonyl (C=O) groups is 1. The molecule has 6 heteroatoms. The zero-order valence-electron chi connectivity index (χ0n) is 14.3. The number of carbonyl (C=O) groups excluding carboxylic acids is 1. The maximum absolute atomic E-state index is 12.7. The molecule has 1 aromatic heterocycles. The highest BCUT2D eigenvalue weighted by Gasteiger charge is 2.23. The predicted molar refractivity (Wildman–Crippen MR) is 98.0 cm³/mol. The van der Waals surface area contributed by atoms with Gasteiger partial charge in [0, 0.05) is 57.3 Å². The summed E-state index contributed by atoms with van der Waals surface area (Å²) in [6.07, 6.45) is 5.73. The molecular weight excluding hydrogens is 314 g/mol. The second-order valence-electron chi connectivity index (χ2n) is 6.58. The van der Waals surface area contributed by atoms with Crippen LogP contribution in [0.2, 0.25) is 0 Å². The van der Waals surface area contributed by atoms with E-state index < -0.39 is 0 Å². The van der Waals surface area contributed by atoms with Gasteiger partial charge in [-0.15, -0.1) is 0 Å². The minimum absolute atomic E-state index is 0.0284. The van der Waals surface area contributed by atoms with Crippen LogP contribution in [0.5, 0.6) is 0 Å². The molecule has 1 aromatic carbocycles. The van der Waals surface area contributed by atoms with E-state index >= 15 is 0 Å². The fourth-order valence-electron chi connectivity index (χ4n) is 3.50. The van der Waals surface area contributed by atoms with Crippen molar-refractivity contribution < 1.29 is 4.79 Å². The average Bonchev–Trinajstić information content (AvgIpc) is 3.23. The Labute approximate surface area is 148 Å². The summed E-state index contributed by atoms with van der Waals surface area (Å²) in [5, 5.41) is 0. The lowest BCUT2D eigenvalue weighted by Gasteiger charge is -2.36. The van der Waals surface area contributed by atoms with Crippen LogP contribution < -0.4 is 9.80 Å². The highest BCUT2D eigenvalue weighted by atomic mass is 16.2. The van der Waals surface area contributed by atoms with E-state index in [9.17, 15) is 4.79 Å². The largest absolute Gasteiger partial charge is 0.368 e. The number of hydrogen-bond donors (Lipinski definition) is 0. The fourth-order valence-corrected chi connectivity index (χ4v) is 3.50. The number of anilines is 2. The third-order valence-corrected chi connectivity index (χ3v) is 4.96. The first-order valence-electron chi connectivity index (χ1n) is 8.97. The highest BCUT2D eigenvalue weighted by molar-refractivity contribution is 5.93. The first-order chi connectivity index (χ1) is 12.3. The maximum atomic E-state index is 12.7. The summed E-state index contributed by atoms with van der Waals surface area (Å²) in [4.78, 5) is 27.9. The van der Waals surface area contributed by atoms with Gasteiger partial charge in [0.25, 0.3) is 5.91 Å². The Hall–Kier alpha value is -2.63. The molecule has 2 aliphatic rings. The summed E-state index contributed by atoms with van der Waals surface area (Å²) in [6.45, 7) is 5.16. The Balaban J connectivity index is 1.37. The molecule has 0 bridgehead atoms. The number of aromatic nitrogens is 2. The number of para-hydroxylation sites is 1. The lowest BCUT2D eigenvalue weighted by molar-refractivity contribution is 0.0746. The van der Waals surface area contributed by atoms with E-state index in [0.717, 1.165) is 45.2 Å². The number of nitrogens with zero attached hydrogens (tertiary/aromatic N) is 5. The fraction of sp³-hybridized carbons (Fsp3) is 0.421. The Bertz CT molecular complexity index is 704. The summed E-state index contributed by atoms with van der Waals surface area (Å²) < 4.78 is 0. The van der Waals surface area contributed by atoms with Gasteiger partial charge in [0.2, 0.25) is 5.95 Å². The second kappa shape index (κ2) is 7.09. The Morgan fingerprint density at radius 1 is 0.800 bits per heavy atom. The van der Waals surface area contributed by atoms with E-state index in [1.165, 1.54) is 18.5 Å². The summed E-state index contributed by atoms with van der Waals surface area (Å²) in [5.41, 5.74) is 1.80. The van der Waals surface area contributed by atoms with Crippen molar-refractivity contribution in [2.45, 2.75) is 12.8 Å². The molecule has 0 radical (unpaired) electrons. The van der Waals surface area contributed by atoms with Gasteiger partial charge in [-0.05, 0) is 25.0 Å². The number of benzene rings is 1. The van der Waals surface area contributed by atoms with Gasteiger partial charge in [-0.25, -0.2) is 9.97 Å². The molecule has 2 aliphatic heterocycles. The Morgan fingerprint density at radius 2 is 1.44 bits per heavy atom. The summed E-state index contributed by atoms with van der Waals surface area (Å²) >= 11 is 0. The normalized spacial score (nSPS) is 17.8. The number of piperazine rings is 1. The third kappa shape index (κ3) is 3.43. The van der Waals surface area contributed by atoms with Crippen molar-refractivity contribution in [3.8, 4) is 0 Å². The molecule has 0 spiro atoms. The van der Waals surface area contributed by atoms with Crippen LogP contribution in [0.1, 0.15) is 23.2 Å². The smallest absolute Gasteiger partial charge is 0.257 e. The van der Waals surface area contributed by atoms with Crippen molar-refractivity contribution >= 4 is 17.5 Å². The number of rotatable bonds is 3. The lowest BCUT2D eigenvalue weighted by atomic mass is 10.2. The van der Waals surface area contributed by atoms with Crippen molar-refractivity contribution in [1.29, 1.82) is 0 Å². The first-order valence-corrected chi connectivity index (χ1v) is 8.97. The van der Waals surface area contributed by atoms with Crippen LogP contribution in [-0.4, -0.2) is 60.0 Å². The van der Waals surface area contributed by atoms with Crippen LogP contribution >= 0.6 is 0 Å². The monoisotopic (exact) mass is 337 g/mol. The van der Waals surface area contributed by atoms with E-state index in [1.807, 2.05) is 23.1 Å². The molecule has 130 valence electrons. The quantitative estimate of drug-likeness (QED) is 0.858. The summed E-state index contributed by atoms with van der Waals surface area (Å²) in [7, 11) is 0. The van der Waals surface area contributed by atoms with Gasteiger partial charge < -0.3 is 14.7 Å². The van der Waals surface area contributed by atoms with Gasteiger partial charge in [-0.1, -0.05) is 18.2 Å². The molecule has 4 rings (SSSR count). The van der Waals surface area contributed by atoms with Crippen LogP contribution in [0.25, 0.3) is 0 Å². The minimum Gasteiger partial charge on any atom is -0.368 e. The van der Waals surface area contributed by atoms with E-state index in [2.05, 4.69) is 31.9 Å². The highest BCUT2D eigenvalue weighted by Crippen LogP contribution is 2.18. The number of hydrogen-bond acceptors (Lipinski definition) is 5. The molecule has 25 heavy (non-hydrogen) atoms. The van der Waals surface area contributed by atoms with Crippen molar-refractivity contribution in [3.63, 3.8) is 0 Å². The molecule has 0 aliphatic carbocycles. The van der Waals surface area contributed by atoms with Crippen LogP contribution in [0.3, 0.4) is 0 Å². The van der Waals surface area contributed by atoms with Crippen molar-refractivity contribution in [2.24, 2.45) is 0 Å². The van der Waals surface area contributed by atoms with Gasteiger partial charge in [0.05, 0.1) is 5.56 Å². The van der Waals surface area contributed by atoms with Gasteiger partial charge in [-0.3, -0.25) is 4.79 Å². The van der Waals surface area contributed by atoms with Crippen LogP contribution in [-0.2, 0) is 0 Å². The standard InChI is InChI=1S/C19H23N5O/c25-18(16-14-20-19(21-15-16)24-8-4-5-9-24)23-12-10-22(11-13-23)17-6-2-1-3-7-17/h1-3,6-7,14-15H,4-5,8-13H2. The second-order valence-corrected chi connectivity index (χ2v) is 6.58. The SMILES string of the molecule is O=C(c1cnc(N2CCCC2)nc1)N1CCN(c2ccccc2)CC1. The summed E-state index contributed by atoms with van der Waals surface area (Å²) in [5.74, 6) is 0.767. The van der Waals surface area contributed by atoms with E-state index in [-0.39, 0.29) is 5.91 Å². The van der Waals surface area contributed by atoms with Crippen LogP contribution in [0.15, 0.2) is 42.7 Å². The average molecular weight is 337 g/mol. The van der Waals surface area contributed by atoms with E-state index in [1.54, 1.807) is 12.4 Å². The van der Waals surface area contributed by atoms with E-state index in [4.69, 9.17) is 0 Å². The first kappa shape index (κ1) is 15.9. The molecule has 0 atom stereocenters. The van der Waals surface area contributed by atoms with Gasteiger partial charge >= 0.3 is 0 Å². The summed E-state index contributed by atoms with van der Waals surface area (Å²) in [6, 6.07) is 10.3. The van der Waals surface area contributed by atoms with Crippen molar-refractivity contribution in [1.82, 2.24) is 14.9 Å². The minimum atomic E-state index is 0.0284. The van der Waals surface area contributed by atoms with Gasteiger partial charge in [0.1, 0.15) is 0 Å². The molecule has 0 saturated carbocycles. The van der Waals surface area contributed by atoms with Gasteiger partial charge in [0.15, 0.2) is 0 Å². The zero-order valence-corrected chi connectivity index (χ0v) is 14.3. The lowest BCUT2D eigenvalue weighted by Crippen LogP contribution is -2.48. The molecule has 2 saturated heterocycles. The Morgan fingerprint density at radius 3 is 2.08 bits per heavy atom. The molecule has 3 heterocycles. The Kier molecular flexibility index (Phi) is 4.50. The molecule has 2 aromatic rings. The number of amides is 1. The molecule has 0 N–H and O–H groups in total. The van der Waals surface area contributed by atoms with Crippen molar-refractivity contribution in [2.75, 3.05) is 49.1 Å². The van der Waals surface area contributed by atoms with Crippen LogP contribution in [0, 0.1) is 0 Å². The maximum Gasteiger partial charge on any atom is 0.257 e. The van der Waals surface area contributed by atoms with Gasteiger partial charge in [-0.2, -0.15) is 0 Å². The van der Waals surface area contributed by atoms with E-state index in [0.29, 0.717) is 5.56 Å². The third-order valence-electron chi connectivity index (χ3n) is 4.96. The zero-order chi connectivity index (χ0) is 17.1. The molecule has 2 fully saturated rings.